The molecular formula is C23H30F3NO5S. The number of methoxy groups -OCH3 is 1. The van der Waals surface area contributed by atoms with Gasteiger partial charge in [-0.15, -0.1) is 0 Å². The summed E-state index contributed by atoms with van der Waals surface area (Å²) in [5, 5.41) is 0. The first-order valence-corrected chi connectivity index (χ1v) is 12.7. The van der Waals surface area contributed by atoms with Gasteiger partial charge in [0.05, 0.1) is 19.8 Å². The summed E-state index contributed by atoms with van der Waals surface area (Å²) in [7, 11) is -4.08. The highest BCUT2D eigenvalue weighted by molar-refractivity contribution is 7.88. The van der Waals surface area contributed by atoms with Crippen molar-refractivity contribution in [3.8, 4) is 5.75 Å². The number of nitrogens with zero attached hydrogens (tertiary/aromatic N) is 1. The van der Waals surface area contributed by atoms with Crippen LogP contribution in [0.15, 0.2) is 30.0 Å². The zero-order valence-electron chi connectivity index (χ0n) is 18.9. The molecule has 0 N–H and O–H groups in total. The van der Waals surface area contributed by atoms with Gasteiger partial charge in [0.2, 0.25) is 0 Å². The van der Waals surface area contributed by atoms with E-state index in [2.05, 4.69) is 22.2 Å². The van der Waals surface area contributed by atoms with Crippen LogP contribution in [0, 0.1) is 5.92 Å². The summed E-state index contributed by atoms with van der Waals surface area (Å²) in [5.41, 5.74) is -2.69. The minimum atomic E-state index is -5.71. The molecule has 1 aromatic rings. The summed E-state index contributed by atoms with van der Waals surface area (Å²) in [6, 6.07) is 4.84. The lowest BCUT2D eigenvalue weighted by molar-refractivity contribution is -0.0500. The Hall–Kier alpha value is -1.78. The number of benzene rings is 1. The van der Waals surface area contributed by atoms with Gasteiger partial charge in [-0.05, 0) is 67.1 Å². The number of halogens is 3. The summed E-state index contributed by atoms with van der Waals surface area (Å²) in [4.78, 5) is 2.35. The van der Waals surface area contributed by atoms with Gasteiger partial charge < -0.3 is 18.6 Å². The molecule has 1 aliphatic heterocycles. The van der Waals surface area contributed by atoms with Crippen molar-refractivity contribution in [2.45, 2.75) is 56.0 Å². The van der Waals surface area contributed by atoms with Crippen molar-refractivity contribution in [2.24, 2.45) is 5.92 Å². The van der Waals surface area contributed by atoms with E-state index in [0.29, 0.717) is 25.7 Å². The lowest BCUT2D eigenvalue weighted by Crippen LogP contribution is -2.58. The summed E-state index contributed by atoms with van der Waals surface area (Å²) in [6.07, 6.45) is 6.92. The minimum absolute atomic E-state index is 0.262. The van der Waals surface area contributed by atoms with E-state index >= 15 is 0 Å². The van der Waals surface area contributed by atoms with Crippen LogP contribution >= 0.6 is 0 Å². The molecule has 4 rings (SSSR count). The minimum Gasteiger partial charge on any atom is -0.382 e. The number of hydrogen-bond donors (Lipinski definition) is 0. The number of allylic oxidation sites excluding steroid dienone is 1. The Balaban J connectivity index is 1.66. The van der Waals surface area contributed by atoms with Crippen LogP contribution in [0.25, 0.3) is 0 Å². The first kappa shape index (κ1) is 24.3. The van der Waals surface area contributed by atoms with Gasteiger partial charge in [0.15, 0.2) is 0 Å². The van der Waals surface area contributed by atoms with Gasteiger partial charge in [-0.25, -0.2) is 0 Å². The lowest BCUT2D eigenvalue weighted by atomic mass is 9.51. The fraction of sp³-hybridized carbons (Fsp3) is 0.652. The van der Waals surface area contributed by atoms with E-state index in [0.717, 1.165) is 55.3 Å². The van der Waals surface area contributed by atoms with Crippen LogP contribution in [0.5, 0.6) is 5.75 Å². The van der Waals surface area contributed by atoms with Crippen molar-refractivity contribution in [1.82, 2.24) is 4.90 Å². The van der Waals surface area contributed by atoms with Crippen molar-refractivity contribution in [3.05, 3.63) is 41.1 Å². The zero-order chi connectivity index (χ0) is 23.9. The van der Waals surface area contributed by atoms with E-state index in [4.69, 9.17) is 9.47 Å². The Morgan fingerprint density at radius 2 is 1.97 bits per heavy atom. The highest BCUT2D eigenvalue weighted by Gasteiger charge is 2.54. The Morgan fingerprint density at radius 3 is 2.70 bits per heavy atom. The SMILES string of the molecule is COCCOCCN1C=C(C)[C@]23CCCC[C@H]2[C@H]1Cc1ccc(OS(=O)(=O)C(F)(F)F)cc13. The zero-order valence-corrected chi connectivity index (χ0v) is 19.7. The van der Waals surface area contributed by atoms with Crippen molar-refractivity contribution in [2.75, 3.05) is 33.5 Å². The summed E-state index contributed by atoms with van der Waals surface area (Å²) in [5.74, 6) is 0.0159. The van der Waals surface area contributed by atoms with Crippen LogP contribution in [0.3, 0.4) is 0 Å². The average Bonchev–Trinajstić information content (AvgIpc) is 2.76. The van der Waals surface area contributed by atoms with Crippen LogP contribution in [-0.4, -0.2) is 58.3 Å². The van der Waals surface area contributed by atoms with E-state index in [1.54, 1.807) is 13.2 Å². The molecule has 10 heteroatoms. The molecule has 6 nitrogen and oxygen atoms in total. The van der Waals surface area contributed by atoms with Gasteiger partial charge in [-0.3, -0.25) is 0 Å². The maximum absolute atomic E-state index is 12.9. The smallest absolute Gasteiger partial charge is 0.382 e. The summed E-state index contributed by atoms with van der Waals surface area (Å²) >= 11 is 0. The molecule has 0 aromatic heterocycles. The highest BCUT2D eigenvalue weighted by atomic mass is 32.2. The molecule has 2 bridgehead atoms. The van der Waals surface area contributed by atoms with Gasteiger partial charge in [0, 0.05) is 25.1 Å². The fourth-order valence-electron chi connectivity index (χ4n) is 5.95. The molecule has 0 unspecified atom stereocenters. The predicted octanol–water partition coefficient (Wildman–Crippen LogP) is 4.15. The molecule has 1 aromatic carbocycles. The van der Waals surface area contributed by atoms with Crippen LogP contribution < -0.4 is 4.18 Å². The van der Waals surface area contributed by atoms with Crippen molar-refractivity contribution < 1.29 is 35.2 Å². The third-order valence-electron chi connectivity index (χ3n) is 7.33. The number of ether oxygens (including phenoxy) is 2. The molecule has 33 heavy (non-hydrogen) atoms. The first-order valence-electron chi connectivity index (χ1n) is 11.3. The largest absolute Gasteiger partial charge is 0.534 e. The topological polar surface area (TPSA) is 65.1 Å². The van der Waals surface area contributed by atoms with Crippen LogP contribution in [0.1, 0.15) is 43.7 Å². The van der Waals surface area contributed by atoms with Gasteiger partial charge in [0.25, 0.3) is 0 Å². The number of hydrogen-bond acceptors (Lipinski definition) is 6. The van der Waals surface area contributed by atoms with Crippen molar-refractivity contribution in [1.29, 1.82) is 0 Å². The number of rotatable bonds is 8. The lowest BCUT2D eigenvalue weighted by Gasteiger charge is -2.58. The Morgan fingerprint density at radius 1 is 1.18 bits per heavy atom. The maximum Gasteiger partial charge on any atom is 0.534 e. The van der Waals surface area contributed by atoms with Gasteiger partial charge in [-0.2, -0.15) is 21.6 Å². The second kappa shape index (κ2) is 9.11. The third kappa shape index (κ3) is 4.37. The normalized spacial score (nSPS) is 26.9. The molecular weight excluding hydrogens is 459 g/mol. The number of alkyl halides is 3. The van der Waals surface area contributed by atoms with Crippen LogP contribution in [-0.2, 0) is 31.4 Å². The number of fused-ring (bicyclic) bond motifs is 1. The molecule has 0 saturated heterocycles. The van der Waals surface area contributed by atoms with E-state index in [-0.39, 0.29) is 17.2 Å². The van der Waals surface area contributed by atoms with Gasteiger partial charge in [-0.1, -0.05) is 18.9 Å². The molecule has 0 amide bonds. The highest BCUT2D eigenvalue weighted by Crippen LogP contribution is 2.57. The quantitative estimate of drug-likeness (QED) is 0.311. The third-order valence-corrected chi connectivity index (χ3v) is 8.31. The molecule has 1 heterocycles. The molecule has 2 aliphatic carbocycles. The molecule has 0 radical (unpaired) electrons. The van der Waals surface area contributed by atoms with Gasteiger partial charge in [0.1, 0.15) is 5.75 Å². The maximum atomic E-state index is 12.9. The monoisotopic (exact) mass is 489 g/mol. The van der Waals surface area contributed by atoms with Crippen molar-refractivity contribution >= 4 is 10.1 Å². The van der Waals surface area contributed by atoms with E-state index in [1.807, 2.05) is 0 Å². The standard InChI is InChI=1S/C23H30F3NO5S/c1-16-15-27(9-10-31-12-11-30-2)21-13-17-6-7-18(32-33(28,29)23(24,25)26)14-20(17)22(16)8-4-3-5-19(21)22/h6-7,14-15,19,21H,3-5,8-13H2,1-2H3/t19-,21+,22+/m0/s1. The second-order valence-corrected chi connectivity index (χ2v) is 10.6. The summed E-state index contributed by atoms with van der Waals surface area (Å²) in [6.45, 7) is 4.49. The van der Waals surface area contributed by atoms with Crippen LogP contribution in [0.4, 0.5) is 13.2 Å². The fourth-order valence-corrected chi connectivity index (χ4v) is 6.40. The first-order chi connectivity index (χ1) is 15.6. The summed E-state index contributed by atoms with van der Waals surface area (Å²) < 4.78 is 76.9. The van der Waals surface area contributed by atoms with Gasteiger partial charge >= 0.3 is 15.6 Å². The molecule has 3 aliphatic rings. The van der Waals surface area contributed by atoms with Crippen LogP contribution in [0.2, 0.25) is 0 Å². The molecule has 0 spiro atoms. The molecule has 1 saturated carbocycles. The van der Waals surface area contributed by atoms with Crippen molar-refractivity contribution in [3.63, 3.8) is 0 Å². The predicted molar refractivity (Wildman–Crippen MR) is 116 cm³/mol. The Labute approximate surface area is 192 Å². The Kier molecular flexibility index (Phi) is 6.72. The molecule has 184 valence electrons. The van der Waals surface area contributed by atoms with E-state index < -0.39 is 15.6 Å². The second-order valence-electron chi connectivity index (χ2n) is 9.05. The molecule has 1 fully saturated rings. The van der Waals surface area contributed by atoms with E-state index in [1.165, 1.54) is 12.1 Å². The molecule has 3 atom stereocenters. The van der Waals surface area contributed by atoms with E-state index in [9.17, 15) is 21.6 Å². The Bertz CT molecular complexity index is 1010. The average molecular weight is 490 g/mol.